The largest absolute Gasteiger partial charge is 0.480 e. The van der Waals surface area contributed by atoms with Crippen molar-refractivity contribution in [3.05, 3.63) is 23.7 Å². The molecular weight excluding hydrogens is 210 g/mol. The third-order valence-corrected chi connectivity index (χ3v) is 2.16. The summed E-state index contributed by atoms with van der Waals surface area (Å²) in [5.41, 5.74) is 0.719. The van der Waals surface area contributed by atoms with E-state index in [0.717, 1.165) is 5.56 Å². The highest BCUT2D eigenvalue weighted by molar-refractivity contribution is 5.94. The molecule has 5 heteroatoms. The Bertz CT molecular complexity index is 383. The molecule has 16 heavy (non-hydrogen) atoms. The predicted molar refractivity (Wildman–Crippen MR) is 57.3 cm³/mol. The minimum atomic E-state index is -1.02. The molecule has 88 valence electrons. The van der Waals surface area contributed by atoms with Gasteiger partial charge in [0.05, 0.1) is 6.26 Å². The Morgan fingerprint density at radius 1 is 1.50 bits per heavy atom. The highest BCUT2D eigenvalue weighted by Gasteiger charge is 2.21. The summed E-state index contributed by atoms with van der Waals surface area (Å²) in [5, 5.41) is 8.70. The van der Waals surface area contributed by atoms with Gasteiger partial charge in [-0.15, -0.1) is 0 Å². The second kappa shape index (κ2) is 5.34. The van der Waals surface area contributed by atoms with E-state index in [2.05, 4.69) is 0 Å². The van der Waals surface area contributed by atoms with Crippen molar-refractivity contribution in [1.29, 1.82) is 0 Å². The van der Waals surface area contributed by atoms with Gasteiger partial charge >= 0.3 is 5.97 Å². The van der Waals surface area contributed by atoms with Crippen molar-refractivity contribution in [1.82, 2.24) is 4.90 Å². The fourth-order valence-electron chi connectivity index (χ4n) is 1.42. The lowest BCUT2D eigenvalue weighted by Gasteiger charge is -2.18. The minimum absolute atomic E-state index is 0.217. The first-order chi connectivity index (χ1) is 7.56. The van der Waals surface area contributed by atoms with E-state index in [1.54, 1.807) is 13.0 Å². The van der Waals surface area contributed by atoms with Gasteiger partial charge in [-0.3, -0.25) is 9.59 Å². The molecule has 0 radical (unpaired) electrons. The molecule has 0 saturated carbocycles. The summed E-state index contributed by atoms with van der Waals surface area (Å²) in [7, 11) is 0. The molecule has 0 unspecified atom stereocenters. The lowest BCUT2D eigenvalue weighted by molar-refractivity contribution is -0.137. The van der Waals surface area contributed by atoms with Gasteiger partial charge < -0.3 is 14.4 Å². The third kappa shape index (κ3) is 2.85. The molecular formula is C11H15NO4. The summed E-state index contributed by atoms with van der Waals surface area (Å²) in [6.45, 7) is 3.75. The predicted octanol–water partition coefficient (Wildman–Crippen LogP) is 1.52. The fraction of sp³-hybridized carbons (Fsp3) is 0.455. The van der Waals surface area contributed by atoms with E-state index in [0.29, 0.717) is 13.0 Å². The van der Waals surface area contributed by atoms with Crippen molar-refractivity contribution in [3.63, 3.8) is 0 Å². The first kappa shape index (κ1) is 12.3. The molecule has 0 aromatic carbocycles. The summed E-state index contributed by atoms with van der Waals surface area (Å²) in [4.78, 5) is 23.8. The number of aliphatic carboxylic acids is 1. The number of carbonyl (C=O) groups is 2. The number of hydrogen-bond donors (Lipinski definition) is 1. The quantitative estimate of drug-likeness (QED) is 0.824. The molecule has 0 aliphatic rings. The second-order valence-corrected chi connectivity index (χ2v) is 3.55. The number of hydrogen-bond acceptors (Lipinski definition) is 3. The first-order valence-electron chi connectivity index (χ1n) is 5.11. The molecule has 1 N–H and O–H groups in total. The average molecular weight is 225 g/mol. The number of rotatable bonds is 5. The zero-order valence-electron chi connectivity index (χ0n) is 9.40. The smallest absolute Gasteiger partial charge is 0.323 e. The van der Waals surface area contributed by atoms with Gasteiger partial charge in [-0.1, -0.05) is 6.92 Å². The Hall–Kier alpha value is -1.78. The second-order valence-electron chi connectivity index (χ2n) is 3.55. The molecule has 1 aromatic heterocycles. The van der Waals surface area contributed by atoms with E-state index < -0.39 is 5.97 Å². The highest BCUT2D eigenvalue weighted by Crippen LogP contribution is 2.12. The van der Waals surface area contributed by atoms with Gasteiger partial charge in [-0.25, -0.2) is 0 Å². The van der Waals surface area contributed by atoms with Gasteiger partial charge in [0, 0.05) is 12.1 Å². The Kier molecular flexibility index (Phi) is 4.10. The van der Waals surface area contributed by atoms with Crippen molar-refractivity contribution in [2.45, 2.75) is 20.3 Å². The molecule has 0 aliphatic carbocycles. The number of carboxylic acid groups (broad SMARTS) is 1. The van der Waals surface area contributed by atoms with Crippen molar-refractivity contribution in [2.24, 2.45) is 0 Å². The van der Waals surface area contributed by atoms with Gasteiger partial charge in [0.25, 0.3) is 5.91 Å². The summed E-state index contributed by atoms with van der Waals surface area (Å²) in [5.74, 6) is -1.17. The maximum Gasteiger partial charge on any atom is 0.323 e. The van der Waals surface area contributed by atoms with Crippen LogP contribution in [0.3, 0.4) is 0 Å². The van der Waals surface area contributed by atoms with Crippen molar-refractivity contribution in [3.8, 4) is 0 Å². The van der Waals surface area contributed by atoms with E-state index in [9.17, 15) is 9.59 Å². The van der Waals surface area contributed by atoms with Crippen LogP contribution in [0.25, 0.3) is 0 Å². The lowest BCUT2D eigenvalue weighted by Crippen LogP contribution is -2.36. The Morgan fingerprint density at radius 3 is 2.62 bits per heavy atom. The monoisotopic (exact) mass is 225 g/mol. The van der Waals surface area contributed by atoms with Crippen molar-refractivity contribution < 1.29 is 19.1 Å². The van der Waals surface area contributed by atoms with Crippen molar-refractivity contribution >= 4 is 11.9 Å². The number of furan rings is 1. The van der Waals surface area contributed by atoms with E-state index in [4.69, 9.17) is 9.52 Å². The molecule has 0 spiro atoms. The first-order valence-corrected chi connectivity index (χ1v) is 5.11. The van der Waals surface area contributed by atoms with Crippen LogP contribution in [0.15, 0.2) is 16.7 Å². The van der Waals surface area contributed by atoms with Gasteiger partial charge in [0.15, 0.2) is 5.76 Å². The number of carboxylic acids is 1. The standard InChI is InChI=1S/C11H15NO4/c1-3-5-12(7-9(13)14)11(15)10-8(2)4-6-16-10/h4,6H,3,5,7H2,1-2H3,(H,13,14). The van der Waals surface area contributed by atoms with Gasteiger partial charge in [0.1, 0.15) is 6.54 Å². The van der Waals surface area contributed by atoms with Crippen LogP contribution in [0.5, 0.6) is 0 Å². The Morgan fingerprint density at radius 2 is 2.19 bits per heavy atom. The van der Waals surface area contributed by atoms with Gasteiger partial charge in [0.2, 0.25) is 0 Å². The molecule has 1 amide bonds. The van der Waals surface area contributed by atoms with E-state index in [1.807, 2.05) is 6.92 Å². The third-order valence-electron chi connectivity index (χ3n) is 2.16. The van der Waals surface area contributed by atoms with Crippen molar-refractivity contribution in [2.75, 3.05) is 13.1 Å². The normalized spacial score (nSPS) is 10.1. The fourth-order valence-corrected chi connectivity index (χ4v) is 1.42. The molecule has 5 nitrogen and oxygen atoms in total. The van der Waals surface area contributed by atoms with E-state index >= 15 is 0 Å². The molecule has 0 aliphatic heterocycles. The van der Waals surface area contributed by atoms with Crippen LogP contribution in [0.1, 0.15) is 29.5 Å². The molecule has 0 atom stereocenters. The van der Waals surface area contributed by atoms with Crippen LogP contribution < -0.4 is 0 Å². The van der Waals surface area contributed by atoms with Crippen LogP contribution in [0.2, 0.25) is 0 Å². The number of nitrogens with zero attached hydrogens (tertiary/aromatic N) is 1. The number of carbonyl (C=O) groups excluding carboxylic acids is 1. The van der Waals surface area contributed by atoms with Gasteiger partial charge in [-0.05, 0) is 19.4 Å². The zero-order valence-corrected chi connectivity index (χ0v) is 9.40. The van der Waals surface area contributed by atoms with Crippen LogP contribution >= 0.6 is 0 Å². The molecule has 1 rings (SSSR count). The molecule has 1 heterocycles. The maximum absolute atomic E-state index is 11.9. The minimum Gasteiger partial charge on any atom is -0.480 e. The average Bonchev–Trinajstić information content (AvgIpc) is 2.62. The molecule has 0 bridgehead atoms. The van der Waals surface area contributed by atoms with Crippen LogP contribution in [0, 0.1) is 6.92 Å². The number of amides is 1. The maximum atomic E-state index is 11.9. The number of aryl methyl sites for hydroxylation is 1. The Balaban J connectivity index is 2.82. The van der Waals surface area contributed by atoms with E-state index in [1.165, 1.54) is 11.2 Å². The molecule has 0 saturated heterocycles. The SMILES string of the molecule is CCCN(CC(=O)O)C(=O)c1occc1C. The zero-order chi connectivity index (χ0) is 12.1. The van der Waals surface area contributed by atoms with Gasteiger partial charge in [-0.2, -0.15) is 0 Å². The highest BCUT2D eigenvalue weighted by atomic mass is 16.4. The van der Waals surface area contributed by atoms with E-state index in [-0.39, 0.29) is 18.2 Å². The topological polar surface area (TPSA) is 70.8 Å². The molecule has 1 aromatic rings. The van der Waals surface area contributed by atoms with Crippen LogP contribution in [-0.4, -0.2) is 35.0 Å². The summed E-state index contributed by atoms with van der Waals surface area (Å²) < 4.78 is 5.05. The summed E-state index contributed by atoms with van der Waals surface area (Å²) >= 11 is 0. The molecule has 0 fully saturated rings. The Labute approximate surface area is 93.7 Å². The summed E-state index contributed by atoms with van der Waals surface area (Å²) in [6.07, 6.45) is 2.13. The lowest BCUT2D eigenvalue weighted by atomic mass is 10.2. The van der Waals surface area contributed by atoms with Crippen LogP contribution in [-0.2, 0) is 4.79 Å². The van der Waals surface area contributed by atoms with Crippen LogP contribution in [0.4, 0.5) is 0 Å². The summed E-state index contributed by atoms with van der Waals surface area (Å²) in [6, 6.07) is 1.68.